The minimum absolute atomic E-state index is 0.0702. The molecule has 0 aliphatic rings. The second kappa shape index (κ2) is 8.60. The summed E-state index contributed by atoms with van der Waals surface area (Å²) in [4.78, 5) is 31.8. The number of hydrogen-bond donors (Lipinski definition) is 2. The maximum Gasteiger partial charge on any atom is 0.262 e. The third-order valence-electron chi connectivity index (χ3n) is 4.18. The molecule has 152 valence electrons. The van der Waals surface area contributed by atoms with Gasteiger partial charge in [0, 0.05) is 16.8 Å². The Labute approximate surface area is 180 Å². The number of thioether (sulfide) groups is 1. The molecule has 10 heteroatoms. The van der Waals surface area contributed by atoms with Crippen LogP contribution in [-0.2, 0) is 4.79 Å². The second-order valence-corrected chi connectivity index (χ2v) is 7.61. The van der Waals surface area contributed by atoms with Gasteiger partial charge in [0.25, 0.3) is 5.56 Å². The van der Waals surface area contributed by atoms with Crippen LogP contribution in [0.1, 0.15) is 0 Å². The van der Waals surface area contributed by atoms with Gasteiger partial charge in [0.2, 0.25) is 5.91 Å². The molecule has 1 amide bonds. The normalized spacial score (nSPS) is 10.9. The maximum atomic E-state index is 12.4. The Bertz CT molecular complexity index is 1270. The highest BCUT2D eigenvalue weighted by atomic mass is 35.5. The molecule has 0 bridgehead atoms. The van der Waals surface area contributed by atoms with E-state index in [1.165, 1.54) is 6.20 Å². The van der Waals surface area contributed by atoms with Gasteiger partial charge in [-0.25, -0.2) is 9.67 Å². The highest BCUT2D eigenvalue weighted by Crippen LogP contribution is 2.20. The Morgan fingerprint density at radius 1 is 1.27 bits per heavy atom. The summed E-state index contributed by atoms with van der Waals surface area (Å²) < 4.78 is 6.70. The molecule has 0 radical (unpaired) electrons. The quantitative estimate of drug-likeness (QED) is 0.350. The average Bonchev–Trinajstić information content (AvgIpc) is 3.17. The molecule has 0 aliphatic heterocycles. The van der Waals surface area contributed by atoms with E-state index in [2.05, 4.69) is 20.4 Å². The van der Waals surface area contributed by atoms with Gasteiger partial charge in [-0.2, -0.15) is 5.10 Å². The fourth-order valence-corrected chi connectivity index (χ4v) is 3.55. The fraction of sp³-hybridized carbons (Fsp3) is 0.100. The molecule has 0 atom stereocenters. The van der Waals surface area contributed by atoms with Crippen molar-refractivity contribution in [3.05, 3.63) is 70.1 Å². The number of carbonyl (C=O) groups excluding carboxylic acids is 1. The lowest BCUT2D eigenvalue weighted by atomic mass is 10.3. The zero-order chi connectivity index (χ0) is 21.1. The van der Waals surface area contributed by atoms with Crippen molar-refractivity contribution in [2.24, 2.45) is 0 Å². The lowest BCUT2D eigenvalue weighted by molar-refractivity contribution is -0.113. The number of benzene rings is 2. The maximum absolute atomic E-state index is 12.4. The Morgan fingerprint density at radius 3 is 2.83 bits per heavy atom. The number of carbonyl (C=O) groups is 1. The summed E-state index contributed by atoms with van der Waals surface area (Å²) in [7, 11) is 1.56. The van der Waals surface area contributed by atoms with E-state index in [-0.39, 0.29) is 17.2 Å². The van der Waals surface area contributed by atoms with E-state index in [1.807, 2.05) is 0 Å². The molecule has 0 spiro atoms. The summed E-state index contributed by atoms with van der Waals surface area (Å²) >= 11 is 7.06. The number of hydrogen-bond acceptors (Lipinski definition) is 6. The molecule has 30 heavy (non-hydrogen) atoms. The lowest BCUT2D eigenvalue weighted by Gasteiger charge is -2.07. The smallest absolute Gasteiger partial charge is 0.262 e. The molecule has 4 aromatic rings. The molecule has 0 saturated heterocycles. The van der Waals surface area contributed by atoms with Gasteiger partial charge in [-0.1, -0.05) is 29.4 Å². The van der Waals surface area contributed by atoms with Crippen molar-refractivity contribution in [2.75, 3.05) is 18.2 Å². The van der Waals surface area contributed by atoms with Crippen molar-refractivity contribution in [1.82, 2.24) is 19.7 Å². The van der Waals surface area contributed by atoms with E-state index in [0.29, 0.717) is 32.6 Å². The van der Waals surface area contributed by atoms with E-state index in [0.717, 1.165) is 17.4 Å². The molecule has 0 unspecified atom stereocenters. The molecule has 0 fully saturated rings. The van der Waals surface area contributed by atoms with Gasteiger partial charge in [-0.15, -0.1) is 0 Å². The van der Waals surface area contributed by atoms with E-state index < -0.39 is 0 Å². The number of halogens is 1. The highest BCUT2D eigenvalue weighted by molar-refractivity contribution is 7.99. The first kappa shape index (κ1) is 20.0. The minimum atomic E-state index is -0.323. The van der Waals surface area contributed by atoms with Crippen molar-refractivity contribution in [2.45, 2.75) is 5.16 Å². The van der Waals surface area contributed by atoms with Crippen molar-refractivity contribution in [3.63, 3.8) is 0 Å². The van der Waals surface area contributed by atoms with Crippen LogP contribution >= 0.6 is 23.4 Å². The number of aromatic nitrogens is 4. The number of ether oxygens (including phenoxy) is 1. The molecule has 0 aliphatic carbocycles. The number of anilines is 1. The van der Waals surface area contributed by atoms with Crippen LogP contribution < -0.4 is 15.6 Å². The van der Waals surface area contributed by atoms with Crippen LogP contribution in [-0.4, -0.2) is 38.5 Å². The number of amides is 1. The minimum Gasteiger partial charge on any atom is -0.497 e. The molecule has 0 saturated carbocycles. The molecule has 4 rings (SSSR count). The molecule has 2 N–H and O–H groups in total. The number of nitrogens with one attached hydrogen (secondary N) is 2. The first-order valence-electron chi connectivity index (χ1n) is 8.84. The van der Waals surface area contributed by atoms with Gasteiger partial charge in [0.1, 0.15) is 11.1 Å². The van der Waals surface area contributed by atoms with E-state index in [4.69, 9.17) is 16.3 Å². The summed E-state index contributed by atoms with van der Waals surface area (Å²) in [5.74, 6) is 0.482. The van der Waals surface area contributed by atoms with Gasteiger partial charge in [0.05, 0.1) is 24.7 Å². The van der Waals surface area contributed by atoms with Crippen LogP contribution in [0.4, 0.5) is 5.69 Å². The molecule has 8 nitrogen and oxygen atoms in total. The van der Waals surface area contributed by atoms with Crippen molar-refractivity contribution < 1.29 is 9.53 Å². The standard InChI is InChI=1S/C20H16ClN5O3S/c1-29-15-4-2-3-13(9-15)23-17(27)11-30-20-24-18-16(19(28)25-20)10-22-26(18)14-7-5-12(21)6-8-14/h2-10H,11H2,1H3,(H,23,27)(H,24,25,28). The molecular weight excluding hydrogens is 426 g/mol. The van der Waals surface area contributed by atoms with Crippen molar-refractivity contribution in [1.29, 1.82) is 0 Å². The largest absolute Gasteiger partial charge is 0.497 e. The number of rotatable bonds is 6. The van der Waals surface area contributed by atoms with E-state index in [1.54, 1.807) is 60.3 Å². The van der Waals surface area contributed by atoms with Crippen LogP contribution in [0, 0.1) is 0 Å². The van der Waals surface area contributed by atoms with E-state index >= 15 is 0 Å². The predicted octanol–water partition coefficient (Wildman–Crippen LogP) is 3.50. The zero-order valence-corrected chi connectivity index (χ0v) is 17.3. The van der Waals surface area contributed by atoms with Crippen molar-refractivity contribution >= 4 is 46.0 Å². The topological polar surface area (TPSA) is 102 Å². The molecule has 2 aromatic carbocycles. The first-order chi connectivity index (χ1) is 14.5. The van der Waals surface area contributed by atoms with Gasteiger partial charge in [0.15, 0.2) is 10.8 Å². The number of methoxy groups -OCH3 is 1. The van der Waals surface area contributed by atoms with Crippen LogP contribution in [0.15, 0.2) is 64.7 Å². The van der Waals surface area contributed by atoms with Gasteiger partial charge < -0.3 is 15.0 Å². The van der Waals surface area contributed by atoms with Crippen LogP contribution in [0.3, 0.4) is 0 Å². The Balaban J connectivity index is 1.53. The Hall–Kier alpha value is -3.30. The van der Waals surface area contributed by atoms with Gasteiger partial charge in [-0.3, -0.25) is 9.59 Å². The second-order valence-electron chi connectivity index (χ2n) is 6.21. The summed E-state index contributed by atoms with van der Waals surface area (Å²) in [5.41, 5.74) is 1.42. The SMILES string of the molecule is COc1cccc(NC(=O)CSc2nc3c(cnn3-c3ccc(Cl)cc3)c(=O)[nH]2)c1. The number of fused-ring (bicyclic) bond motifs is 1. The number of H-pyrrole nitrogens is 1. The zero-order valence-electron chi connectivity index (χ0n) is 15.8. The average molecular weight is 442 g/mol. The molecule has 2 heterocycles. The number of aromatic amines is 1. The fourth-order valence-electron chi connectivity index (χ4n) is 2.77. The first-order valence-corrected chi connectivity index (χ1v) is 10.2. The third kappa shape index (κ3) is 4.32. The van der Waals surface area contributed by atoms with Crippen LogP contribution in [0.25, 0.3) is 16.7 Å². The lowest BCUT2D eigenvalue weighted by Crippen LogP contribution is -2.15. The Morgan fingerprint density at radius 2 is 2.07 bits per heavy atom. The monoisotopic (exact) mass is 441 g/mol. The predicted molar refractivity (Wildman–Crippen MR) is 117 cm³/mol. The van der Waals surface area contributed by atoms with Crippen molar-refractivity contribution in [3.8, 4) is 11.4 Å². The summed E-state index contributed by atoms with van der Waals surface area (Å²) in [5, 5.41) is 8.32. The third-order valence-corrected chi connectivity index (χ3v) is 5.31. The summed E-state index contributed by atoms with van der Waals surface area (Å²) in [6.07, 6.45) is 1.46. The van der Waals surface area contributed by atoms with Gasteiger partial charge >= 0.3 is 0 Å². The Kier molecular flexibility index (Phi) is 5.73. The van der Waals surface area contributed by atoms with Gasteiger partial charge in [-0.05, 0) is 36.4 Å². The number of nitrogens with zero attached hydrogens (tertiary/aromatic N) is 3. The molecular formula is C20H16ClN5O3S. The van der Waals surface area contributed by atoms with Crippen LogP contribution in [0.2, 0.25) is 5.02 Å². The molecule has 2 aromatic heterocycles. The highest BCUT2D eigenvalue weighted by Gasteiger charge is 2.13. The van der Waals surface area contributed by atoms with Crippen LogP contribution in [0.5, 0.6) is 5.75 Å². The summed E-state index contributed by atoms with van der Waals surface area (Å²) in [6, 6.07) is 14.1. The summed E-state index contributed by atoms with van der Waals surface area (Å²) in [6.45, 7) is 0. The van der Waals surface area contributed by atoms with E-state index in [9.17, 15) is 9.59 Å².